The second kappa shape index (κ2) is 3.90. The quantitative estimate of drug-likeness (QED) is 0.546. The molecule has 0 atom stereocenters. The molecule has 6 heteroatoms. The first-order chi connectivity index (χ1) is 6.38. The first-order valence-electron chi connectivity index (χ1n) is 3.98. The van der Waals surface area contributed by atoms with Crippen LogP contribution in [0.2, 0.25) is 0 Å². The molecule has 0 aromatic heterocycles. The van der Waals surface area contributed by atoms with Crippen LogP contribution >= 0.6 is 0 Å². The summed E-state index contributed by atoms with van der Waals surface area (Å²) in [7, 11) is 0. The normalized spacial score (nSPS) is 11.5. The second-order valence-electron chi connectivity index (χ2n) is 2.93. The van der Waals surface area contributed by atoms with Crippen LogP contribution in [0.4, 0.5) is 17.3 Å². The van der Waals surface area contributed by atoms with E-state index in [0.29, 0.717) is 5.56 Å². The highest BCUT2D eigenvalue weighted by atomic mass is 19.4. The fourth-order valence-electron chi connectivity index (χ4n) is 0.854. The van der Waals surface area contributed by atoms with Gasteiger partial charge in [0.05, 0.1) is 6.51 Å². The number of hydrogen-bond acceptors (Lipinski definition) is 1. The van der Waals surface area contributed by atoms with Crippen LogP contribution in [-0.2, 0) is 0 Å². The third-order valence-corrected chi connectivity index (χ3v) is 1.58. The molecule has 0 saturated carbocycles. The van der Waals surface area contributed by atoms with Gasteiger partial charge in [-0.1, -0.05) is 6.07 Å². The first kappa shape index (κ1) is 10.9. The highest BCUT2D eigenvalue weighted by Gasteiger charge is 2.24. The summed E-state index contributed by atoms with van der Waals surface area (Å²) in [5.41, 5.74) is 0.370. The third-order valence-electron chi connectivity index (χ3n) is 1.58. The van der Waals surface area contributed by atoms with Crippen molar-refractivity contribution in [2.45, 2.75) is 6.92 Å². The zero-order chi connectivity index (χ0) is 10.8. The van der Waals surface area contributed by atoms with Crippen LogP contribution in [0, 0.1) is 12.7 Å². The van der Waals surface area contributed by atoms with Crippen molar-refractivity contribution in [2.75, 3.05) is 6.51 Å². The van der Waals surface area contributed by atoms with Gasteiger partial charge >= 0.3 is 6.98 Å². The molecule has 1 aromatic rings. The minimum absolute atomic E-state index is 0.104. The van der Waals surface area contributed by atoms with Gasteiger partial charge in [-0.2, -0.15) is 0 Å². The molecule has 0 aliphatic heterocycles. The number of hydrogen-bond donors (Lipinski definition) is 0. The van der Waals surface area contributed by atoms with Crippen molar-refractivity contribution in [3.8, 4) is 5.75 Å². The maximum Gasteiger partial charge on any atom is 0.515 e. The van der Waals surface area contributed by atoms with Gasteiger partial charge in [0.1, 0.15) is 11.6 Å². The van der Waals surface area contributed by atoms with E-state index in [1.807, 2.05) is 0 Å². The topological polar surface area (TPSA) is 9.23 Å². The summed E-state index contributed by atoms with van der Waals surface area (Å²) in [6.45, 7) is -4.82. The fourth-order valence-corrected chi connectivity index (χ4v) is 0.854. The van der Waals surface area contributed by atoms with Crippen LogP contribution in [0.25, 0.3) is 0 Å². The van der Waals surface area contributed by atoms with Crippen molar-refractivity contribution >= 4 is 6.98 Å². The van der Waals surface area contributed by atoms with E-state index in [9.17, 15) is 17.3 Å². The van der Waals surface area contributed by atoms with Crippen molar-refractivity contribution in [3.05, 3.63) is 29.6 Å². The molecule has 0 aliphatic rings. The van der Waals surface area contributed by atoms with E-state index in [4.69, 9.17) is 0 Å². The minimum Gasteiger partial charge on any atom is -0.522 e. The Balaban J connectivity index is 2.65. The van der Waals surface area contributed by atoms with Crippen molar-refractivity contribution in [2.24, 2.45) is 0 Å². The van der Waals surface area contributed by atoms with Crippen molar-refractivity contribution in [3.63, 3.8) is 0 Å². The molecule has 78 valence electrons. The molecule has 0 spiro atoms. The molecule has 0 saturated heterocycles. The molecule has 0 aliphatic carbocycles. The van der Waals surface area contributed by atoms with Crippen LogP contribution in [-0.4, -0.2) is 13.5 Å². The van der Waals surface area contributed by atoms with E-state index in [0.717, 1.165) is 6.07 Å². The molecule has 0 amide bonds. The fraction of sp³-hybridized carbons (Fsp3) is 0.250. The molecule has 0 heterocycles. The number of ether oxygens (including phenoxy) is 1. The molecule has 1 nitrogen and oxygen atoms in total. The summed E-state index contributed by atoms with van der Waals surface area (Å²) < 4.78 is 52.5. The van der Waals surface area contributed by atoms with Crippen molar-refractivity contribution in [1.82, 2.24) is 0 Å². The smallest absolute Gasteiger partial charge is 0.515 e. The van der Waals surface area contributed by atoms with Crippen LogP contribution in [0.15, 0.2) is 18.2 Å². The molecule has 0 radical (unpaired) electrons. The molecule has 0 unspecified atom stereocenters. The lowest BCUT2D eigenvalue weighted by molar-refractivity contribution is 0.312. The molecule has 0 N–H and O–H groups in total. The van der Waals surface area contributed by atoms with Gasteiger partial charge in [0, 0.05) is 6.07 Å². The monoisotopic (exact) mass is 207 g/mol. The second-order valence-corrected chi connectivity index (χ2v) is 2.93. The summed E-state index contributed by atoms with van der Waals surface area (Å²) in [4.78, 5) is 0. The SMILES string of the molecule is Cc1ccc(OC[B-](F)(F)F)cc1F. The molecule has 14 heavy (non-hydrogen) atoms. The Hall–Kier alpha value is -1.20. The average molecular weight is 207 g/mol. The molecule has 0 bridgehead atoms. The number of benzene rings is 1. The van der Waals surface area contributed by atoms with Gasteiger partial charge in [-0.25, -0.2) is 4.39 Å². The Morgan fingerprint density at radius 1 is 1.29 bits per heavy atom. The largest absolute Gasteiger partial charge is 0.522 e. The molecular formula is C8H8BF4O-. The van der Waals surface area contributed by atoms with Gasteiger partial charge in [-0.15, -0.1) is 0 Å². The lowest BCUT2D eigenvalue weighted by Crippen LogP contribution is -2.26. The van der Waals surface area contributed by atoms with Crippen molar-refractivity contribution in [1.29, 1.82) is 0 Å². The molecule has 1 aromatic carbocycles. The van der Waals surface area contributed by atoms with Crippen LogP contribution in [0.1, 0.15) is 5.56 Å². The Kier molecular flexibility index (Phi) is 3.03. The van der Waals surface area contributed by atoms with Gasteiger partial charge in [0.25, 0.3) is 0 Å². The molecular weight excluding hydrogens is 199 g/mol. The van der Waals surface area contributed by atoms with Gasteiger partial charge < -0.3 is 17.7 Å². The highest BCUT2D eigenvalue weighted by Crippen LogP contribution is 2.18. The zero-order valence-corrected chi connectivity index (χ0v) is 7.44. The van der Waals surface area contributed by atoms with Gasteiger partial charge in [0.15, 0.2) is 0 Å². The summed E-state index contributed by atoms with van der Waals surface area (Å²) in [6.07, 6.45) is 0. The zero-order valence-electron chi connectivity index (χ0n) is 7.44. The number of aryl methyl sites for hydroxylation is 1. The standard InChI is InChI=1S/C8H8BF4O/c1-6-2-3-7(4-8(6)10)14-5-9(11,12)13/h2-4H,5H2,1H3/q-1. The first-order valence-corrected chi connectivity index (χ1v) is 3.98. The Morgan fingerprint density at radius 3 is 2.43 bits per heavy atom. The highest BCUT2D eigenvalue weighted by molar-refractivity contribution is 6.58. The van der Waals surface area contributed by atoms with E-state index < -0.39 is 19.3 Å². The lowest BCUT2D eigenvalue weighted by atomic mass is 9.95. The minimum atomic E-state index is -4.99. The molecule has 0 fully saturated rings. The van der Waals surface area contributed by atoms with E-state index in [1.54, 1.807) is 0 Å². The third kappa shape index (κ3) is 3.28. The molecule has 1 rings (SSSR count). The number of halogens is 4. The Morgan fingerprint density at radius 2 is 1.93 bits per heavy atom. The predicted molar refractivity (Wildman–Crippen MR) is 45.7 cm³/mol. The van der Waals surface area contributed by atoms with E-state index in [2.05, 4.69) is 4.74 Å². The summed E-state index contributed by atoms with van der Waals surface area (Å²) in [5, 5.41) is 0. The lowest BCUT2D eigenvalue weighted by Gasteiger charge is -2.15. The van der Waals surface area contributed by atoms with E-state index in [-0.39, 0.29) is 5.75 Å². The van der Waals surface area contributed by atoms with Gasteiger partial charge in [0.2, 0.25) is 0 Å². The van der Waals surface area contributed by atoms with Crippen LogP contribution in [0.3, 0.4) is 0 Å². The predicted octanol–water partition coefficient (Wildman–Crippen LogP) is 2.90. The van der Waals surface area contributed by atoms with Crippen LogP contribution in [0.5, 0.6) is 5.75 Å². The maximum absolute atomic E-state index is 12.8. The maximum atomic E-state index is 12.8. The van der Waals surface area contributed by atoms with Gasteiger partial charge in [-0.3, -0.25) is 0 Å². The van der Waals surface area contributed by atoms with Crippen LogP contribution < -0.4 is 4.74 Å². The number of rotatable bonds is 3. The summed E-state index contributed by atoms with van der Waals surface area (Å²) in [6, 6.07) is 3.62. The van der Waals surface area contributed by atoms with E-state index in [1.165, 1.54) is 19.1 Å². The summed E-state index contributed by atoms with van der Waals surface area (Å²) >= 11 is 0. The van der Waals surface area contributed by atoms with E-state index >= 15 is 0 Å². The van der Waals surface area contributed by atoms with Crippen molar-refractivity contribution < 1.29 is 22.1 Å². The Bertz CT molecular complexity index is 324. The summed E-state index contributed by atoms with van der Waals surface area (Å²) in [5.74, 6) is -0.676. The average Bonchev–Trinajstić information content (AvgIpc) is 2.06. The van der Waals surface area contributed by atoms with Gasteiger partial charge in [-0.05, 0) is 18.6 Å². The Labute approximate surface area is 78.7 Å².